The molecule has 2 aromatic rings. The molecule has 1 fully saturated rings. The van der Waals surface area contributed by atoms with Crippen molar-refractivity contribution in [2.75, 3.05) is 6.54 Å². The highest BCUT2D eigenvalue weighted by Crippen LogP contribution is 2.38. The molecule has 1 saturated heterocycles. The highest BCUT2D eigenvalue weighted by molar-refractivity contribution is 6.35. The van der Waals surface area contributed by atoms with Gasteiger partial charge in [0, 0.05) is 16.6 Å². The number of carbonyl (C=O) groups is 1. The Labute approximate surface area is 149 Å². The van der Waals surface area contributed by atoms with Gasteiger partial charge in [-0.15, -0.1) is 0 Å². The van der Waals surface area contributed by atoms with Gasteiger partial charge in [-0.2, -0.15) is 0 Å². The zero-order valence-corrected chi connectivity index (χ0v) is 14.3. The molecule has 1 aliphatic heterocycles. The SMILES string of the molecule is O=C(O)C1CCCN1C(c1cccc(F)c1)c1ccc(Cl)cc1Cl. The normalized spacial score (nSPS) is 19.4. The molecule has 2 unspecified atom stereocenters. The number of aliphatic carboxylic acids is 1. The summed E-state index contributed by atoms with van der Waals surface area (Å²) < 4.78 is 13.8. The molecule has 0 amide bonds. The average Bonchev–Trinajstić information content (AvgIpc) is 2.99. The molecule has 0 spiro atoms. The third-order valence-corrected chi connectivity index (χ3v) is 4.89. The van der Waals surface area contributed by atoms with Crippen molar-refractivity contribution in [1.82, 2.24) is 4.90 Å². The van der Waals surface area contributed by atoms with Crippen molar-refractivity contribution in [2.24, 2.45) is 0 Å². The lowest BCUT2D eigenvalue weighted by Gasteiger charge is -2.32. The molecule has 0 saturated carbocycles. The summed E-state index contributed by atoms with van der Waals surface area (Å²) in [4.78, 5) is 13.5. The van der Waals surface area contributed by atoms with Gasteiger partial charge in [-0.3, -0.25) is 9.69 Å². The summed E-state index contributed by atoms with van der Waals surface area (Å²) in [7, 11) is 0. The van der Waals surface area contributed by atoms with Gasteiger partial charge in [0.05, 0.1) is 6.04 Å². The molecule has 1 aliphatic rings. The lowest BCUT2D eigenvalue weighted by Crippen LogP contribution is -2.39. The van der Waals surface area contributed by atoms with Gasteiger partial charge in [0.1, 0.15) is 11.9 Å². The van der Waals surface area contributed by atoms with E-state index in [9.17, 15) is 14.3 Å². The zero-order valence-electron chi connectivity index (χ0n) is 12.8. The predicted molar refractivity (Wildman–Crippen MR) is 92.1 cm³/mol. The minimum Gasteiger partial charge on any atom is -0.480 e. The number of carboxylic acids is 1. The average molecular weight is 368 g/mol. The Morgan fingerprint density at radius 1 is 1.25 bits per heavy atom. The van der Waals surface area contributed by atoms with E-state index in [0.717, 1.165) is 12.0 Å². The van der Waals surface area contributed by atoms with Crippen LogP contribution in [0.15, 0.2) is 42.5 Å². The summed E-state index contributed by atoms with van der Waals surface area (Å²) in [6.07, 6.45) is 1.33. The Morgan fingerprint density at radius 2 is 2.04 bits per heavy atom. The first kappa shape index (κ1) is 17.2. The molecule has 3 nitrogen and oxygen atoms in total. The summed E-state index contributed by atoms with van der Waals surface area (Å²) in [5, 5.41) is 10.5. The monoisotopic (exact) mass is 367 g/mol. The van der Waals surface area contributed by atoms with Crippen LogP contribution in [0.2, 0.25) is 10.0 Å². The second-order valence-electron chi connectivity index (χ2n) is 5.86. The molecular formula is C18H16Cl2FNO2. The number of benzene rings is 2. The van der Waals surface area contributed by atoms with Gasteiger partial charge in [0.15, 0.2) is 0 Å². The van der Waals surface area contributed by atoms with E-state index in [1.807, 2.05) is 4.90 Å². The van der Waals surface area contributed by atoms with E-state index in [2.05, 4.69) is 0 Å². The van der Waals surface area contributed by atoms with Crippen LogP contribution < -0.4 is 0 Å². The fraction of sp³-hybridized carbons (Fsp3) is 0.278. The van der Waals surface area contributed by atoms with Gasteiger partial charge in [-0.1, -0.05) is 41.4 Å². The van der Waals surface area contributed by atoms with Crippen molar-refractivity contribution in [3.05, 3.63) is 69.5 Å². The van der Waals surface area contributed by atoms with Crippen molar-refractivity contribution in [3.63, 3.8) is 0 Å². The second kappa shape index (κ2) is 7.09. The summed E-state index contributed by atoms with van der Waals surface area (Å²) in [6, 6.07) is 10.2. The molecule has 0 aliphatic carbocycles. The first-order valence-corrected chi connectivity index (χ1v) is 8.42. The Bertz CT molecular complexity index is 768. The topological polar surface area (TPSA) is 40.5 Å². The summed E-state index contributed by atoms with van der Waals surface area (Å²) in [6.45, 7) is 0.608. The van der Waals surface area contributed by atoms with Crippen LogP contribution in [0.5, 0.6) is 0 Å². The van der Waals surface area contributed by atoms with Gasteiger partial charge in [0.2, 0.25) is 0 Å². The number of likely N-dealkylation sites (tertiary alicyclic amines) is 1. The summed E-state index contributed by atoms with van der Waals surface area (Å²) in [5.41, 5.74) is 1.40. The number of nitrogens with zero attached hydrogens (tertiary/aromatic N) is 1. The van der Waals surface area contributed by atoms with Crippen LogP contribution in [0.1, 0.15) is 30.0 Å². The number of carboxylic acid groups (broad SMARTS) is 1. The quantitative estimate of drug-likeness (QED) is 0.845. The van der Waals surface area contributed by atoms with Crippen molar-refractivity contribution >= 4 is 29.2 Å². The molecule has 1 N–H and O–H groups in total. The van der Waals surface area contributed by atoms with E-state index in [1.165, 1.54) is 12.1 Å². The Hall–Kier alpha value is -1.62. The van der Waals surface area contributed by atoms with Gasteiger partial charge >= 0.3 is 5.97 Å². The van der Waals surface area contributed by atoms with E-state index < -0.39 is 18.1 Å². The van der Waals surface area contributed by atoms with E-state index in [-0.39, 0.29) is 5.82 Å². The van der Waals surface area contributed by atoms with E-state index in [0.29, 0.717) is 28.6 Å². The van der Waals surface area contributed by atoms with E-state index in [1.54, 1.807) is 30.3 Å². The van der Waals surface area contributed by atoms with Crippen LogP contribution in [0.25, 0.3) is 0 Å². The van der Waals surface area contributed by atoms with Gasteiger partial charge < -0.3 is 5.11 Å². The lowest BCUT2D eigenvalue weighted by molar-refractivity contribution is -0.142. The molecule has 0 bridgehead atoms. The molecule has 1 heterocycles. The molecule has 3 rings (SSSR count). The minimum atomic E-state index is -0.876. The lowest BCUT2D eigenvalue weighted by atomic mass is 9.96. The smallest absolute Gasteiger partial charge is 0.320 e. The molecule has 0 aromatic heterocycles. The van der Waals surface area contributed by atoms with Crippen LogP contribution in [-0.4, -0.2) is 28.6 Å². The third kappa shape index (κ3) is 3.41. The fourth-order valence-electron chi connectivity index (χ4n) is 3.31. The number of hydrogen-bond acceptors (Lipinski definition) is 2. The van der Waals surface area contributed by atoms with Gasteiger partial charge in [-0.25, -0.2) is 4.39 Å². The van der Waals surface area contributed by atoms with Gasteiger partial charge in [-0.05, 0) is 48.2 Å². The molecule has 0 radical (unpaired) electrons. The number of hydrogen-bond donors (Lipinski definition) is 1. The van der Waals surface area contributed by atoms with Gasteiger partial charge in [0.25, 0.3) is 0 Å². The van der Waals surface area contributed by atoms with Crippen LogP contribution in [0.4, 0.5) is 4.39 Å². The molecule has 126 valence electrons. The molecule has 24 heavy (non-hydrogen) atoms. The zero-order chi connectivity index (χ0) is 17.3. The highest BCUT2D eigenvalue weighted by Gasteiger charge is 2.37. The second-order valence-corrected chi connectivity index (χ2v) is 6.70. The molecular weight excluding hydrogens is 352 g/mol. The standard InChI is InChI=1S/C18H16Cl2FNO2/c19-12-6-7-14(15(20)10-12)17(11-3-1-4-13(21)9-11)22-8-2-5-16(22)18(23)24/h1,3-4,6-7,9-10,16-17H,2,5,8H2,(H,23,24). The largest absolute Gasteiger partial charge is 0.480 e. The number of halogens is 3. The van der Waals surface area contributed by atoms with E-state index in [4.69, 9.17) is 23.2 Å². The van der Waals surface area contributed by atoms with Crippen LogP contribution in [0, 0.1) is 5.82 Å². The van der Waals surface area contributed by atoms with Crippen LogP contribution in [0.3, 0.4) is 0 Å². The minimum absolute atomic E-state index is 0.367. The fourth-order valence-corrected chi connectivity index (χ4v) is 3.82. The maximum Gasteiger partial charge on any atom is 0.320 e. The van der Waals surface area contributed by atoms with Crippen molar-refractivity contribution in [1.29, 1.82) is 0 Å². The van der Waals surface area contributed by atoms with Crippen LogP contribution in [-0.2, 0) is 4.79 Å². The Balaban J connectivity index is 2.12. The summed E-state index contributed by atoms with van der Waals surface area (Å²) in [5.74, 6) is -1.24. The predicted octanol–water partition coefficient (Wildman–Crippen LogP) is 4.77. The molecule has 2 aromatic carbocycles. The first-order valence-electron chi connectivity index (χ1n) is 7.66. The molecule has 2 atom stereocenters. The maximum absolute atomic E-state index is 13.8. The van der Waals surface area contributed by atoms with Crippen LogP contribution >= 0.6 is 23.2 Å². The number of rotatable bonds is 4. The van der Waals surface area contributed by atoms with E-state index >= 15 is 0 Å². The van der Waals surface area contributed by atoms with Crippen molar-refractivity contribution in [2.45, 2.75) is 24.9 Å². The Morgan fingerprint density at radius 3 is 2.71 bits per heavy atom. The highest BCUT2D eigenvalue weighted by atomic mass is 35.5. The molecule has 6 heteroatoms. The van der Waals surface area contributed by atoms with Crippen molar-refractivity contribution in [3.8, 4) is 0 Å². The maximum atomic E-state index is 13.8. The first-order chi connectivity index (χ1) is 11.5. The Kier molecular flexibility index (Phi) is 5.09. The van der Waals surface area contributed by atoms with Crippen molar-refractivity contribution < 1.29 is 14.3 Å². The third-order valence-electron chi connectivity index (χ3n) is 4.33. The summed E-state index contributed by atoms with van der Waals surface area (Å²) >= 11 is 12.3.